The van der Waals surface area contributed by atoms with E-state index in [0.717, 1.165) is 0 Å². The first-order valence-electron chi connectivity index (χ1n) is 7.30. The number of benzene rings is 1. The number of carbonyl (C=O) groups excluding carboxylic acids is 1. The first kappa shape index (κ1) is 17.6. The number of para-hydroxylation sites is 1. The molecule has 1 aromatic carbocycles. The molecule has 4 nitrogen and oxygen atoms in total. The summed E-state index contributed by atoms with van der Waals surface area (Å²) in [5.74, 6) is -1.10. The number of nitrogens with zero attached hydrogens (tertiary/aromatic N) is 1. The average molecular weight is 331 g/mol. The van der Waals surface area contributed by atoms with Gasteiger partial charge >= 0.3 is 6.36 Å². The van der Waals surface area contributed by atoms with Crippen molar-refractivity contribution in [3.8, 4) is 5.75 Å². The monoisotopic (exact) mass is 331 g/mol. The van der Waals surface area contributed by atoms with Crippen LogP contribution < -0.4 is 4.74 Å². The summed E-state index contributed by atoms with van der Waals surface area (Å²) in [5.41, 5.74) is -0.633. The summed E-state index contributed by atoms with van der Waals surface area (Å²) in [5, 5.41) is 9.75. The maximum Gasteiger partial charge on any atom is 0.573 e. The van der Waals surface area contributed by atoms with E-state index in [1.54, 1.807) is 33.0 Å². The van der Waals surface area contributed by atoms with Crippen LogP contribution in [-0.2, 0) is 4.79 Å². The van der Waals surface area contributed by atoms with Gasteiger partial charge in [-0.3, -0.25) is 4.79 Å². The van der Waals surface area contributed by atoms with Gasteiger partial charge in [-0.2, -0.15) is 0 Å². The first-order valence-corrected chi connectivity index (χ1v) is 7.30. The fourth-order valence-corrected chi connectivity index (χ4v) is 2.76. The third-order valence-electron chi connectivity index (χ3n) is 3.65. The summed E-state index contributed by atoms with van der Waals surface area (Å²) in [4.78, 5) is 13.7. The zero-order chi connectivity index (χ0) is 17.4. The Morgan fingerprint density at radius 1 is 1.35 bits per heavy atom. The minimum atomic E-state index is -4.76. The van der Waals surface area contributed by atoms with Gasteiger partial charge in [0, 0.05) is 19.5 Å². The molecule has 0 aromatic heterocycles. The zero-order valence-corrected chi connectivity index (χ0v) is 13.2. The number of aliphatic hydroxyl groups is 1. The van der Waals surface area contributed by atoms with Crippen LogP contribution in [0.15, 0.2) is 24.3 Å². The van der Waals surface area contributed by atoms with Crippen LogP contribution >= 0.6 is 0 Å². The second kappa shape index (κ2) is 6.03. The minimum Gasteiger partial charge on any atom is -0.405 e. The van der Waals surface area contributed by atoms with Gasteiger partial charge in [0.15, 0.2) is 0 Å². The fraction of sp³-hybridized carbons (Fsp3) is 0.562. The zero-order valence-electron chi connectivity index (χ0n) is 13.2. The van der Waals surface area contributed by atoms with E-state index < -0.39 is 12.0 Å². The van der Waals surface area contributed by atoms with Crippen molar-refractivity contribution in [2.24, 2.45) is 5.92 Å². The van der Waals surface area contributed by atoms with Crippen molar-refractivity contribution in [1.82, 2.24) is 4.90 Å². The van der Waals surface area contributed by atoms with E-state index in [9.17, 15) is 23.1 Å². The number of rotatable bonds is 5. The van der Waals surface area contributed by atoms with Crippen molar-refractivity contribution in [2.45, 2.75) is 38.1 Å². The van der Waals surface area contributed by atoms with Gasteiger partial charge in [0.05, 0.1) is 5.60 Å². The van der Waals surface area contributed by atoms with Crippen LogP contribution in [-0.4, -0.2) is 41.5 Å². The maximum absolute atomic E-state index is 12.4. The molecule has 2 unspecified atom stereocenters. The van der Waals surface area contributed by atoms with Crippen molar-refractivity contribution >= 4 is 5.91 Å². The molecule has 23 heavy (non-hydrogen) atoms. The number of carbonyl (C=O) groups is 1. The minimum absolute atomic E-state index is 0.162. The summed E-state index contributed by atoms with van der Waals surface area (Å²) in [6, 6.07) is 5.89. The van der Waals surface area contributed by atoms with E-state index in [4.69, 9.17) is 0 Å². The summed E-state index contributed by atoms with van der Waals surface area (Å²) in [6.07, 6.45) is -4.28. The van der Waals surface area contributed by atoms with Crippen molar-refractivity contribution in [1.29, 1.82) is 0 Å². The lowest BCUT2D eigenvalue weighted by molar-refractivity contribution is -0.274. The molecule has 1 amide bonds. The highest BCUT2D eigenvalue weighted by Crippen LogP contribution is 2.51. The molecule has 0 radical (unpaired) electrons. The molecule has 1 aliphatic rings. The van der Waals surface area contributed by atoms with Crippen molar-refractivity contribution in [3.63, 3.8) is 0 Å². The van der Waals surface area contributed by atoms with E-state index in [0.29, 0.717) is 12.0 Å². The van der Waals surface area contributed by atoms with Gasteiger partial charge in [-0.1, -0.05) is 18.2 Å². The number of halogens is 3. The van der Waals surface area contributed by atoms with E-state index in [1.165, 1.54) is 17.0 Å². The van der Waals surface area contributed by atoms with Crippen LogP contribution in [0, 0.1) is 5.92 Å². The highest BCUT2D eigenvalue weighted by atomic mass is 19.4. The van der Waals surface area contributed by atoms with Crippen LogP contribution in [0.1, 0.15) is 31.7 Å². The standard InChI is InChI=1S/C16H20F3NO3/c1-15(2,22)9-20(3)14(21)12-8-11(12)10-6-4-5-7-13(10)23-16(17,18)19/h4-7,11-12,22H,8-9H2,1-3H3. The molecule has 0 spiro atoms. The van der Waals surface area contributed by atoms with Crippen molar-refractivity contribution < 1.29 is 27.8 Å². The molecule has 1 aromatic rings. The lowest BCUT2D eigenvalue weighted by atomic mass is 10.1. The Bertz CT molecular complexity index is 581. The highest BCUT2D eigenvalue weighted by molar-refractivity contribution is 5.83. The summed E-state index contributed by atoms with van der Waals surface area (Å²) >= 11 is 0. The second-order valence-electron chi connectivity index (χ2n) is 6.54. The Kier molecular flexibility index (Phi) is 4.61. The van der Waals surface area contributed by atoms with Crippen LogP contribution in [0.3, 0.4) is 0 Å². The second-order valence-corrected chi connectivity index (χ2v) is 6.54. The third kappa shape index (κ3) is 4.86. The normalized spacial score (nSPS) is 21.0. The summed E-state index contributed by atoms with van der Waals surface area (Å²) in [7, 11) is 1.58. The SMILES string of the molecule is CN(CC(C)(C)O)C(=O)C1CC1c1ccccc1OC(F)(F)F. The Hall–Kier alpha value is -1.76. The Balaban J connectivity index is 2.08. The van der Waals surface area contributed by atoms with Crippen LogP contribution in [0.2, 0.25) is 0 Å². The predicted molar refractivity (Wildman–Crippen MR) is 77.9 cm³/mol. The maximum atomic E-state index is 12.4. The number of likely N-dealkylation sites (N-methyl/N-ethyl adjacent to an activating group) is 1. The van der Waals surface area contributed by atoms with Gasteiger partial charge < -0.3 is 14.7 Å². The molecule has 1 fully saturated rings. The molecular weight excluding hydrogens is 311 g/mol. The van der Waals surface area contributed by atoms with Gasteiger partial charge in [0.25, 0.3) is 0 Å². The molecule has 1 aliphatic carbocycles. The molecule has 7 heteroatoms. The van der Waals surface area contributed by atoms with Gasteiger partial charge in [-0.05, 0) is 37.8 Å². The topological polar surface area (TPSA) is 49.8 Å². The Morgan fingerprint density at radius 3 is 2.52 bits per heavy atom. The summed E-state index contributed by atoms with van der Waals surface area (Å²) in [6.45, 7) is 3.34. The lowest BCUT2D eigenvalue weighted by Gasteiger charge is -2.25. The summed E-state index contributed by atoms with van der Waals surface area (Å²) < 4.78 is 41.4. The van der Waals surface area contributed by atoms with E-state index in [2.05, 4.69) is 4.74 Å². The molecule has 0 aliphatic heterocycles. The van der Waals surface area contributed by atoms with Gasteiger partial charge in [0.1, 0.15) is 5.75 Å². The molecule has 2 atom stereocenters. The molecule has 128 valence electrons. The number of amides is 1. The van der Waals surface area contributed by atoms with Crippen LogP contribution in [0.4, 0.5) is 13.2 Å². The van der Waals surface area contributed by atoms with Gasteiger partial charge in [-0.15, -0.1) is 13.2 Å². The first-order chi connectivity index (χ1) is 10.5. The average Bonchev–Trinajstić information content (AvgIpc) is 3.14. The number of alkyl halides is 3. The van der Waals surface area contributed by atoms with E-state index >= 15 is 0 Å². The van der Waals surface area contributed by atoms with Gasteiger partial charge in [-0.25, -0.2) is 0 Å². The van der Waals surface area contributed by atoms with E-state index in [-0.39, 0.29) is 30.0 Å². The largest absolute Gasteiger partial charge is 0.573 e. The molecule has 0 heterocycles. The number of hydrogen-bond acceptors (Lipinski definition) is 3. The fourth-order valence-electron chi connectivity index (χ4n) is 2.76. The van der Waals surface area contributed by atoms with Crippen molar-refractivity contribution in [2.75, 3.05) is 13.6 Å². The number of ether oxygens (including phenoxy) is 1. The Labute approximate surface area is 132 Å². The predicted octanol–water partition coefficient (Wildman–Crippen LogP) is 2.92. The number of hydrogen-bond donors (Lipinski definition) is 1. The molecule has 0 bridgehead atoms. The van der Waals surface area contributed by atoms with E-state index in [1.807, 2.05) is 0 Å². The molecular formula is C16H20F3NO3. The molecule has 1 N–H and O–H groups in total. The van der Waals surface area contributed by atoms with Crippen LogP contribution in [0.25, 0.3) is 0 Å². The third-order valence-corrected chi connectivity index (χ3v) is 3.65. The van der Waals surface area contributed by atoms with Crippen molar-refractivity contribution in [3.05, 3.63) is 29.8 Å². The van der Waals surface area contributed by atoms with Gasteiger partial charge in [0.2, 0.25) is 5.91 Å². The smallest absolute Gasteiger partial charge is 0.405 e. The molecule has 0 saturated heterocycles. The highest BCUT2D eigenvalue weighted by Gasteiger charge is 2.47. The Morgan fingerprint density at radius 2 is 1.96 bits per heavy atom. The van der Waals surface area contributed by atoms with Crippen LogP contribution in [0.5, 0.6) is 5.75 Å². The molecule has 1 saturated carbocycles. The molecule has 2 rings (SSSR count). The quantitative estimate of drug-likeness (QED) is 0.902. The lowest BCUT2D eigenvalue weighted by Crippen LogP contribution is -2.40.